The highest BCUT2D eigenvalue weighted by Crippen LogP contribution is 2.08. The summed E-state index contributed by atoms with van der Waals surface area (Å²) in [6, 6.07) is 5.34. The number of aryl methyl sites for hydroxylation is 1. The fourth-order valence-electron chi connectivity index (χ4n) is 1.90. The molecule has 0 unspecified atom stereocenters. The standard InChI is InChI=1S/C12H14N4O2/c1-7-5-4-6-9(14-7)16-12(18)10(11(13)17)8(2)15(16)3/h4-6H,1-3H3,(H2,13,17). The zero-order chi connectivity index (χ0) is 13.4. The monoisotopic (exact) mass is 246 g/mol. The molecular weight excluding hydrogens is 232 g/mol. The summed E-state index contributed by atoms with van der Waals surface area (Å²) in [5.41, 5.74) is 6.09. The molecule has 0 spiro atoms. The number of hydrogen-bond acceptors (Lipinski definition) is 3. The number of rotatable bonds is 2. The van der Waals surface area contributed by atoms with Gasteiger partial charge in [0.05, 0.1) is 5.69 Å². The molecule has 94 valence electrons. The van der Waals surface area contributed by atoms with E-state index in [0.717, 1.165) is 5.69 Å². The van der Waals surface area contributed by atoms with Crippen molar-refractivity contribution in [3.63, 3.8) is 0 Å². The summed E-state index contributed by atoms with van der Waals surface area (Å²) in [5, 5.41) is 0. The van der Waals surface area contributed by atoms with E-state index in [1.807, 2.05) is 13.0 Å². The predicted octanol–water partition coefficient (Wildman–Crippen LogP) is 0.287. The van der Waals surface area contributed by atoms with E-state index in [1.165, 1.54) is 4.68 Å². The van der Waals surface area contributed by atoms with E-state index in [2.05, 4.69) is 4.98 Å². The second kappa shape index (κ2) is 4.14. The molecule has 0 saturated carbocycles. The van der Waals surface area contributed by atoms with E-state index in [0.29, 0.717) is 11.5 Å². The highest BCUT2D eigenvalue weighted by Gasteiger charge is 2.20. The van der Waals surface area contributed by atoms with Crippen molar-refractivity contribution in [2.45, 2.75) is 13.8 Å². The van der Waals surface area contributed by atoms with Crippen LogP contribution in [0.15, 0.2) is 23.0 Å². The first-order valence-electron chi connectivity index (χ1n) is 5.46. The largest absolute Gasteiger partial charge is 0.365 e. The van der Waals surface area contributed by atoms with Crippen LogP contribution in [0.25, 0.3) is 5.82 Å². The average molecular weight is 246 g/mol. The van der Waals surface area contributed by atoms with Gasteiger partial charge in [-0.25, -0.2) is 4.98 Å². The lowest BCUT2D eigenvalue weighted by Gasteiger charge is -2.07. The first-order chi connectivity index (χ1) is 8.43. The van der Waals surface area contributed by atoms with Crippen molar-refractivity contribution in [3.8, 4) is 5.82 Å². The van der Waals surface area contributed by atoms with E-state index in [9.17, 15) is 9.59 Å². The molecule has 1 amide bonds. The minimum Gasteiger partial charge on any atom is -0.365 e. The average Bonchev–Trinajstić information content (AvgIpc) is 2.50. The van der Waals surface area contributed by atoms with Gasteiger partial charge < -0.3 is 5.73 Å². The van der Waals surface area contributed by atoms with E-state index >= 15 is 0 Å². The summed E-state index contributed by atoms with van der Waals surface area (Å²) in [5.74, 6) is -0.252. The Hall–Kier alpha value is -2.37. The molecule has 2 heterocycles. The van der Waals surface area contributed by atoms with Crippen LogP contribution < -0.4 is 11.3 Å². The quantitative estimate of drug-likeness (QED) is 0.826. The molecule has 18 heavy (non-hydrogen) atoms. The zero-order valence-electron chi connectivity index (χ0n) is 10.5. The zero-order valence-corrected chi connectivity index (χ0v) is 10.5. The Morgan fingerprint density at radius 3 is 2.50 bits per heavy atom. The lowest BCUT2D eigenvalue weighted by molar-refractivity contribution is 0.0998. The van der Waals surface area contributed by atoms with Gasteiger partial charge in [-0.05, 0) is 26.0 Å². The highest BCUT2D eigenvalue weighted by atomic mass is 16.2. The second-order valence-electron chi connectivity index (χ2n) is 4.10. The molecule has 0 saturated heterocycles. The molecule has 0 aliphatic carbocycles. The molecule has 0 atom stereocenters. The number of aromatic nitrogens is 3. The van der Waals surface area contributed by atoms with Crippen LogP contribution in [0.5, 0.6) is 0 Å². The summed E-state index contributed by atoms with van der Waals surface area (Å²) < 4.78 is 2.91. The van der Waals surface area contributed by atoms with Crippen LogP contribution in [0.1, 0.15) is 21.7 Å². The van der Waals surface area contributed by atoms with Gasteiger partial charge in [0, 0.05) is 12.7 Å². The minimum atomic E-state index is -0.723. The molecule has 2 rings (SSSR count). The first kappa shape index (κ1) is 12.1. The van der Waals surface area contributed by atoms with E-state index in [1.54, 1.807) is 30.8 Å². The van der Waals surface area contributed by atoms with Crippen molar-refractivity contribution < 1.29 is 4.79 Å². The van der Waals surface area contributed by atoms with E-state index in [4.69, 9.17) is 5.73 Å². The van der Waals surface area contributed by atoms with Crippen LogP contribution in [0, 0.1) is 13.8 Å². The van der Waals surface area contributed by atoms with Crippen molar-refractivity contribution in [1.82, 2.24) is 14.3 Å². The fraction of sp³-hybridized carbons (Fsp3) is 0.250. The lowest BCUT2D eigenvalue weighted by Crippen LogP contribution is -2.26. The van der Waals surface area contributed by atoms with Gasteiger partial charge in [0.25, 0.3) is 11.5 Å². The number of carbonyl (C=O) groups excluding carboxylic acids is 1. The summed E-state index contributed by atoms with van der Waals surface area (Å²) in [7, 11) is 1.69. The van der Waals surface area contributed by atoms with Gasteiger partial charge >= 0.3 is 0 Å². The third kappa shape index (κ3) is 1.71. The normalized spacial score (nSPS) is 10.6. The van der Waals surface area contributed by atoms with E-state index < -0.39 is 11.5 Å². The number of hydrogen-bond donors (Lipinski definition) is 1. The summed E-state index contributed by atoms with van der Waals surface area (Å²) >= 11 is 0. The third-order valence-corrected chi connectivity index (χ3v) is 2.89. The molecule has 0 aliphatic heterocycles. The van der Waals surface area contributed by atoms with Crippen molar-refractivity contribution in [2.24, 2.45) is 12.8 Å². The van der Waals surface area contributed by atoms with Gasteiger partial charge in [-0.2, -0.15) is 4.68 Å². The summed E-state index contributed by atoms with van der Waals surface area (Å²) in [4.78, 5) is 27.7. The number of carbonyl (C=O) groups is 1. The molecule has 0 bridgehead atoms. The second-order valence-corrected chi connectivity index (χ2v) is 4.10. The Morgan fingerprint density at radius 1 is 1.33 bits per heavy atom. The van der Waals surface area contributed by atoms with Crippen LogP contribution in [-0.4, -0.2) is 20.3 Å². The maximum absolute atomic E-state index is 12.2. The van der Waals surface area contributed by atoms with Crippen LogP contribution in [0.4, 0.5) is 0 Å². The summed E-state index contributed by atoms with van der Waals surface area (Å²) in [6.07, 6.45) is 0. The number of nitrogens with two attached hydrogens (primary N) is 1. The summed E-state index contributed by atoms with van der Waals surface area (Å²) in [6.45, 7) is 3.51. The van der Waals surface area contributed by atoms with Gasteiger partial charge in [0.15, 0.2) is 5.82 Å². The van der Waals surface area contributed by atoms with Crippen LogP contribution in [0.3, 0.4) is 0 Å². The molecule has 2 aromatic rings. The molecule has 0 aliphatic rings. The molecule has 0 radical (unpaired) electrons. The Kier molecular flexibility index (Phi) is 2.78. The highest BCUT2D eigenvalue weighted by molar-refractivity contribution is 5.93. The van der Waals surface area contributed by atoms with Crippen molar-refractivity contribution in [2.75, 3.05) is 0 Å². The smallest absolute Gasteiger partial charge is 0.285 e. The van der Waals surface area contributed by atoms with Gasteiger partial charge in [-0.3, -0.25) is 14.3 Å². The van der Waals surface area contributed by atoms with Gasteiger partial charge in [0.1, 0.15) is 5.56 Å². The number of pyridine rings is 1. The molecule has 2 aromatic heterocycles. The first-order valence-corrected chi connectivity index (χ1v) is 5.46. The Labute approximate surface area is 104 Å². The molecule has 6 heteroatoms. The molecule has 0 fully saturated rings. The molecule has 2 N–H and O–H groups in total. The molecular formula is C12H14N4O2. The topological polar surface area (TPSA) is 82.9 Å². The Morgan fingerprint density at radius 2 is 2.00 bits per heavy atom. The van der Waals surface area contributed by atoms with E-state index in [-0.39, 0.29) is 5.56 Å². The third-order valence-electron chi connectivity index (χ3n) is 2.89. The van der Waals surface area contributed by atoms with Gasteiger partial charge in [0.2, 0.25) is 0 Å². The SMILES string of the molecule is Cc1cccc(-n2c(=O)c(C(N)=O)c(C)n2C)n1. The molecule has 6 nitrogen and oxygen atoms in total. The van der Waals surface area contributed by atoms with Crippen LogP contribution in [0.2, 0.25) is 0 Å². The number of nitrogens with zero attached hydrogens (tertiary/aromatic N) is 3. The maximum Gasteiger partial charge on any atom is 0.285 e. The van der Waals surface area contributed by atoms with Crippen molar-refractivity contribution in [3.05, 3.63) is 45.5 Å². The Balaban J connectivity index is 2.78. The number of primary amides is 1. The Bertz CT molecular complexity index is 682. The minimum absolute atomic E-state index is 0.000746. The van der Waals surface area contributed by atoms with Crippen molar-refractivity contribution >= 4 is 5.91 Å². The predicted molar refractivity (Wildman–Crippen MR) is 66.8 cm³/mol. The molecule has 0 aromatic carbocycles. The van der Waals surface area contributed by atoms with Gasteiger partial charge in [-0.1, -0.05) is 6.07 Å². The maximum atomic E-state index is 12.2. The van der Waals surface area contributed by atoms with Gasteiger partial charge in [-0.15, -0.1) is 0 Å². The van der Waals surface area contributed by atoms with Crippen LogP contribution >= 0.6 is 0 Å². The van der Waals surface area contributed by atoms with Crippen molar-refractivity contribution in [1.29, 1.82) is 0 Å². The fourth-order valence-corrected chi connectivity index (χ4v) is 1.90. The lowest BCUT2D eigenvalue weighted by atomic mass is 10.2. The number of amides is 1. The van der Waals surface area contributed by atoms with Crippen LogP contribution in [-0.2, 0) is 7.05 Å².